The van der Waals surface area contributed by atoms with Crippen LogP contribution in [0.5, 0.6) is 0 Å². The second-order valence-corrected chi connectivity index (χ2v) is 7.82. The van der Waals surface area contributed by atoms with Gasteiger partial charge >= 0.3 is 5.97 Å². The van der Waals surface area contributed by atoms with E-state index in [4.69, 9.17) is 4.74 Å². The molecule has 1 heterocycles. The van der Waals surface area contributed by atoms with Crippen LogP contribution in [0.2, 0.25) is 0 Å². The third kappa shape index (κ3) is 5.47. The van der Waals surface area contributed by atoms with Crippen LogP contribution in [0.4, 0.5) is 0 Å². The van der Waals surface area contributed by atoms with Gasteiger partial charge in [-0.1, -0.05) is 30.3 Å². The molecule has 0 spiro atoms. The van der Waals surface area contributed by atoms with Gasteiger partial charge in [0.25, 0.3) is 0 Å². The largest absolute Gasteiger partial charge is 0.481 e. The van der Waals surface area contributed by atoms with E-state index < -0.39 is 21.7 Å². The first-order chi connectivity index (χ1) is 11.4. The predicted octanol–water partition coefficient (Wildman–Crippen LogP) is 1.66. The van der Waals surface area contributed by atoms with Gasteiger partial charge in [-0.05, 0) is 12.0 Å². The number of ether oxygens (including phenoxy) is 1. The molecule has 1 unspecified atom stereocenters. The predicted molar refractivity (Wildman–Crippen MR) is 88.2 cm³/mol. The van der Waals surface area contributed by atoms with Crippen LogP contribution >= 0.6 is 0 Å². The Hall–Kier alpha value is -2.19. The van der Waals surface area contributed by atoms with Crippen LogP contribution in [0.3, 0.4) is 0 Å². The molecule has 0 aliphatic rings. The lowest BCUT2D eigenvalue weighted by molar-refractivity contribution is -0.139. The second-order valence-electron chi connectivity index (χ2n) is 5.56. The van der Waals surface area contributed by atoms with Gasteiger partial charge < -0.3 is 14.4 Å². The zero-order valence-corrected chi connectivity index (χ0v) is 14.1. The normalized spacial score (nSPS) is 12.9. The number of aliphatic carboxylic acids is 1. The molecular formula is C16H20N2O5S. The molecule has 1 atom stereocenters. The molecule has 1 N–H and O–H groups in total. The average molecular weight is 352 g/mol. The number of rotatable bonds is 9. The number of carboxylic acid groups (broad SMARTS) is 1. The highest BCUT2D eigenvalue weighted by atomic mass is 32.2. The fourth-order valence-corrected chi connectivity index (χ4v) is 2.96. The van der Waals surface area contributed by atoms with Gasteiger partial charge in [0.15, 0.2) is 0 Å². The summed E-state index contributed by atoms with van der Waals surface area (Å²) in [5.74, 6) is -2.22. The molecule has 0 aliphatic heterocycles. The van der Waals surface area contributed by atoms with Crippen molar-refractivity contribution in [1.82, 2.24) is 9.55 Å². The van der Waals surface area contributed by atoms with E-state index in [1.165, 1.54) is 12.5 Å². The van der Waals surface area contributed by atoms with Crippen LogP contribution in [0.25, 0.3) is 0 Å². The molecular weight excluding hydrogens is 332 g/mol. The fourth-order valence-electron chi connectivity index (χ4n) is 2.29. The maximum Gasteiger partial charge on any atom is 0.312 e. The van der Waals surface area contributed by atoms with Crippen LogP contribution in [0.1, 0.15) is 23.6 Å². The van der Waals surface area contributed by atoms with Gasteiger partial charge in [0.05, 0.1) is 30.3 Å². The monoisotopic (exact) mass is 352 g/mol. The van der Waals surface area contributed by atoms with E-state index in [-0.39, 0.29) is 18.9 Å². The lowest BCUT2D eigenvalue weighted by Crippen LogP contribution is -2.20. The molecule has 130 valence electrons. The summed E-state index contributed by atoms with van der Waals surface area (Å²) in [6, 6.07) is 9.60. The van der Waals surface area contributed by atoms with Crippen molar-refractivity contribution in [2.45, 2.75) is 25.7 Å². The summed E-state index contributed by atoms with van der Waals surface area (Å²) in [7, 11) is -3.23. The first kappa shape index (κ1) is 18.2. The number of benzene rings is 1. The number of hydrogen-bond acceptors (Lipinski definition) is 5. The van der Waals surface area contributed by atoms with Gasteiger partial charge in [-0.15, -0.1) is 0 Å². The Balaban J connectivity index is 2.02. The quantitative estimate of drug-likeness (QED) is 0.737. The molecule has 0 aliphatic carbocycles. The Morgan fingerprint density at radius 1 is 1.33 bits per heavy atom. The summed E-state index contributed by atoms with van der Waals surface area (Å²) in [5, 5.41) is 9.39. The molecule has 0 bridgehead atoms. The number of carbonyl (C=O) groups is 1. The minimum atomic E-state index is -3.23. The highest BCUT2D eigenvalue weighted by molar-refractivity contribution is 7.90. The van der Waals surface area contributed by atoms with E-state index in [9.17, 15) is 18.3 Å². The number of carboxylic acids is 1. The number of imidazole rings is 1. The summed E-state index contributed by atoms with van der Waals surface area (Å²) in [6.45, 7) is 0.534. The molecule has 0 saturated carbocycles. The van der Waals surface area contributed by atoms with Gasteiger partial charge in [0.1, 0.15) is 16.6 Å². The third-order valence-corrected chi connectivity index (χ3v) is 4.50. The van der Waals surface area contributed by atoms with Crippen LogP contribution in [0.15, 0.2) is 42.9 Å². The van der Waals surface area contributed by atoms with Crippen molar-refractivity contribution in [1.29, 1.82) is 0 Å². The van der Waals surface area contributed by atoms with Crippen molar-refractivity contribution in [3.05, 3.63) is 54.1 Å². The topological polar surface area (TPSA) is 98.5 Å². The molecule has 0 radical (unpaired) electrons. The van der Waals surface area contributed by atoms with Gasteiger partial charge in [0.2, 0.25) is 0 Å². The van der Waals surface area contributed by atoms with Crippen molar-refractivity contribution in [2.24, 2.45) is 0 Å². The third-order valence-electron chi connectivity index (χ3n) is 3.52. The number of hydrogen-bond donors (Lipinski definition) is 1. The fraction of sp³-hybridized carbons (Fsp3) is 0.375. The Morgan fingerprint density at radius 3 is 2.67 bits per heavy atom. The smallest absolute Gasteiger partial charge is 0.312 e. The summed E-state index contributed by atoms with van der Waals surface area (Å²) in [6.07, 6.45) is 4.01. The summed E-state index contributed by atoms with van der Waals surface area (Å²) < 4.78 is 29.8. The van der Waals surface area contributed by atoms with Crippen LogP contribution in [-0.2, 0) is 32.7 Å². The van der Waals surface area contributed by atoms with Crippen LogP contribution in [-0.4, -0.2) is 41.1 Å². The van der Waals surface area contributed by atoms with E-state index in [0.717, 1.165) is 11.8 Å². The summed E-state index contributed by atoms with van der Waals surface area (Å²) in [5.41, 5.74) is 1.44. The van der Waals surface area contributed by atoms with Gasteiger partial charge in [-0.25, -0.2) is 13.4 Å². The van der Waals surface area contributed by atoms with E-state index in [2.05, 4.69) is 4.98 Å². The lowest BCUT2D eigenvalue weighted by atomic mass is 10.0. The molecule has 1 aromatic heterocycles. The average Bonchev–Trinajstić information content (AvgIpc) is 2.95. The zero-order valence-electron chi connectivity index (χ0n) is 13.3. The molecule has 24 heavy (non-hydrogen) atoms. The van der Waals surface area contributed by atoms with Crippen molar-refractivity contribution in [2.75, 3.05) is 12.0 Å². The molecule has 0 saturated heterocycles. The Kier molecular flexibility index (Phi) is 6.10. The molecule has 0 fully saturated rings. The second kappa shape index (κ2) is 8.07. The van der Waals surface area contributed by atoms with Crippen molar-refractivity contribution < 1.29 is 23.1 Å². The van der Waals surface area contributed by atoms with Crippen LogP contribution < -0.4 is 0 Å². The molecule has 0 amide bonds. The number of nitrogens with zero attached hydrogens (tertiary/aromatic N) is 2. The van der Waals surface area contributed by atoms with Gasteiger partial charge in [-0.2, -0.15) is 0 Å². The maximum atomic E-state index is 11.5. The van der Waals surface area contributed by atoms with E-state index >= 15 is 0 Å². The Bertz CT molecular complexity index is 771. The minimum Gasteiger partial charge on any atom is -0.481 e. The molecule has 2 aromatic rings. The summed E-state index contributed by atoms with van der Waals surface area (Å²) >= 11 is 0. The number of sulfone groups is 1. The van der Waals surface area contributed by atoms with Crippen LogP contribution in [0, 0.1) is 0 Å². The van der Waals surface area contributed by atoms with E-state index in [1.54, 1.807) is 4.57 Å². The van der Waals surface area contributed by atoms with E-state index in [1.807, 2.05) is 30.3 Å². The molecule has 1 aromatic carbocycles. The number of aromatic nitrogens is 2. The first-order valence-electron chi connectivity index (χ1n) is 7.39. The van der Waals surface area contributed by atoms with Crippen molar-refractivity contribution in [3.63, 3.8) is 0 Å². The minimum absolute atomic E-state index is 0.00144. The SMILES string of the molecule is CS(=O)(=O)CCC(C(=O)O)c1cncn1COCc1ccccc1. The first-order valence-corrected chi connectivity index (χ1v) is 9.45. The summed E-state index contributed by atoms with van der Waals surface area (Å²) in [4.78, 5) is 15.5. The van der Waals surface area contributed by atoms with Crippen molar-refractivity contribution in [3.8, 4) is 0 Å². The molecule has 8 heteroatoms. The lowest BCUT2D eigenvalue weighted by Gasteiger charge is -2.15. The molecule has 7 nitrogen and oxygen atoms in total. The molecule has 2 rings (SSSR count). The Morgan fingerprint density at radius 2 is 2.04 bits per heavy atom. The maximum absolute atomic E-state index is 11.5. The van der Waals surface area contributed by atoms with Gasteiger partial charge in [-0.3, -0.25) is 4.79 Å². The van der Waals surface area contributed by atoms with E-state index in [0.29, 0.717) is 12.3 Å². The highest BCUT2D eigenvalue weighted by Crippen LogP contribution is 2.21. The zero-order chi connectivity index (χ0) is 17.6. The van der Waals surface area contributed by atoms with Crippen molar-refractivity contribution >= 4 is 15.8 Å². The van der Waals surface area contributed by atoms with Gasteiger partial charge in [0, 0.05) is 12.5 Å². The standard InChI is InChI=1S/C16H20N2O5S/c1-24(21,22)8-7-14(16(19)20)15-9-17-11-18(15)12-23-10-13-5-3-2-4-6-13/h2-6,9,11,14H,7-8,10,12H2,1H3,(H,19,20). The Labute approximate surface area is 140 Å². The highest BCUT2D eigenvalue weighted by Gasteiger charge is 2.25.